The highest BCUT2D eigenvalue weighted by atomic mass is 15.2. The van der Waals surface area contributed by atoms with E-state index in [-0.39, 0.29) is 0 Å². The van der Waals surface area contributed by atoms with Crippen LogP contribution in [0.3, 0.4) is 0 Å². The highest BCUT2D eigenvalue weighted by molar-refractivity contribution is 5.61. The molecule has 0 aromatic carbocycles. The minimum absolute atomic E-state index is 0.656. The lowest BCUT2D eigenvalue weighted by Crippen LogP contribution is -1.90. The molecule has 0 spiro atoms. The van der Waals surface area contributed by atoms with Crippen molar-refractivity contribution in [1.29, 1.82) is 0 Å². The molecule has 0 radical (unpaired) electrons. The topological polar surface area (TPSA) is 56.7 Å². The molecule has 4 nitrogen and oxygen atoms in total. The summed E-state index contributed by atoms with van der Waals surface area (Å²) in [5.41, 5.74) is 8.10. The first kappa shape index (κ1) is 7.79. The van der Waals surface area contributed by atoms with Crippen LogP contribution in [0.1, 0.15) is 0 Å². The van der Waals surface area contributed by atoms with Crippen molar-refractivity contribution in [1.82, 2.24) is 14.8 Å². The number of hydrogen-bond acceptors (Lipinski definition) is 3. The van der Waals surface area contributed by atoms with Crippen molar-refractivity contribution in [2.24, 2.45) is 7.05 Å². The molecule has 0 unspecified atom stereocenters. The molecule has 13 heavy (non-hydrogen) atoms. The molecule has 0 atom stereocenters. The molecule has 0 aliphatic carbocycles. The SMILES string of the molecule is Cn1ccc(-c2cncc(N)c2)n1. The molecule has 0 saturated heterocycles. The van der Waals surface area contributed by atoms with Crippen molar-refractivity contribution in [2.45, 2.75) is 0 Å². The molecule has 2 heterocycles. The van der Waals surface area contributed by atoms with Crippen molar-refractivity contribution < 1.29 is 0 Å². The van der Waals surface area contributed by atoms with Gasteiger partial charge in [-0.15, -0.1) is 0 Å². The average Bonchev–Trinajstić information content (AvgIpc) is 2.52. The standard InChI is InChI=1S/C9H10N4/c1-13-3-2-9(12-13)7-4-8(10)6-11-5-7/h2-6H,10H2,1H3. The summed E-state index contributed by atoms with van der Waals surface area (Å²) in [5.74, 6) is 0. The summed E-state index contributed by atoms with van der Waals surface area (Å²) in [6, 6.07) is 3.78. The van der Waals surface area contributed by atoms with Crippen LogP contribution in [-0.4, -0.2) is 14.8 Å². The van der Waals surface area contributed by atoms with Crippen LogP contribution in [0.15, 0.2) is 30.7 Å². The second-order valence-corrected chi connectivity index (χ2v) is 2.88. The first-order valence-corrected chi connectivity index (χ1v) is 3.96. The van der Waals surface area contributed by atoms with Gasteiger partial charge in [0.1, 0.15) is 0 Å². The number of pyridine rings is 1. The maximum atomic E-state index is 5.61. The third-order valence-corrected chi connectivity index (χ3v) is 1.77. The Labute approximate surface area is 76.0 Å². The second-order valence-electron chi connectivity index (χ2n) is 2.88. The summed E-state index contributed by atoms with van der Waals surface area (Å²) in [5, 5.41) is 4.24. The lowest BCUT2D eigenvalue weighted by molar-refractivity contribution is 0.771. The number of aromatic nitrogens is 3. The van der Waals surface area contributed by atoms with Crippen LogP contribution in [0.25, 0.3) is 11.3 Å². The Morgan fingerprint density at radius 2 is 2.23 bits per heavy atom. The quantitative estimate of drug-likeness (QED) is 0.703. The van der Waals surface area contributed by atoms with Crippen molar-refractivity contribution in [3.63, 3.8) is 0 Å². The van der Waals surface area contributed by atoms with Crippen molar-refractivity contribution in [3.05, 3.63) is 30.7 Å². The van der Waals surface area contributed by atoms with Gasteiger partial charge in [0.25, 0.3) is 0 Å². The molecule has 0 saturated carbocycles. The molecule has 0 aliphatic rings. The smallest absolute Gasteiger partial charge is 0.0939 e. The highest BCUT2D eigenvalue weighted by Gasteiger charge is 2.00. The maximum absolute atomic E-state index is 5.61. The van der Waals surface area contributed by atoms with Gasteiger partial charge in [-0.05, 0) is 12.1 Å². The van der Waals surface area contributed by atoms with Crippen molar-refractivity contribution in [3.8, 4) is 11.3 Å². The predicted octanol–water partition coefficient (Wildman–Crippen LogP) is 1.06. The van der Waals surface area contributed by atoms with Gasteiger partial charge in [-0.1, -0.05) is 0 Å². The van der Waals surface area contributed by atoms with E-state index in [1.165, 1.54) is 0 Å². The van der Waals surface area contributed by atoms with Crippen LogP contribution in [0.4, 0.5) is 5.69 Å². The molecular weight excluding hydrogens is 164 g/mol. The van der Waals surface area contributed by atoms with E-state index >= 15 is 0 Å². The zero-order chi connectivity index (χ0) is 9.26. The Hall–Kier alpha value is -1.84. The number of nitrogen functional groups attached to an aromatic ring is 1. The minimum Gasteiger partial charge on any atom is -0.397 e. The van der Waals surface area contributed by atoms with Gasteiger partial charge in [0.05, 0.1) is 11.4 Å². The molecule has 0 bridgehead atoms. The van der Waals surface area contributed by atoms with Crippen LogP contribution in [0.2, 0.25) is 0 Å². The van der Waals surface area contributed by atoms with Gasteiger partial charge in [0.15, 0.2) is 0 Å². The Morgan fingerprint density at radius 3 is 2.85 bits per heavy atom. The summed E-state index contributed by atoms with van der Waals surface area (Å²) < 4.78 is 1.75. The molecule has 0 fully saturated rings. The molecule has 66 valence electrons. The molecule has 2 rings (SSSR count). The molecule has 2 N–H and O–H groups in total. The van der Waals surface area contributed by atoms with Gasteiger partial charge in [-0.2, -0.15) is 5.10 Å². The zero-order valence-corrected chi connectivity index (χ0v) is 7.31. The maximum Gasteiger partial charge on any atom is 0.0939 e. The van der Waals surface area contributed by atoms with Crippen LogP contribution in [0.5, 0.6) is 0 Å². The first-order valence-electron chi connectivity index (χ1n) is 3.96. The Balaban J connectivity index is 2.46. The summed E-state index contributed by atoms with van der Waals surface area (Å²) in [4.78, 5) is 4.00. The Bertz CT molecular complexity index is 419. The van der Waals surface area contributed by atoms with E-state index in [0.717, 1.165) is 11.3 Å². The van der Waals surface area contributed by atoms with Gasteiger partial charge >= 0.3 is 0 Å². The van der Waals surface area contributed by atoms with Gasteiger partial charge in [0, 0.05) is 31.2 Å². The number of nitrogens with two attached hydrogens (primary N) is 1. The molecule has 0 aliphatic heterocycles. The van der Waals surface area contributed by atoms with E-state index in [0.29, 0.717) is 5.69 Å². The summed E-state index contributed by atoms with van der Waals surface area (Å²) >= 11 is 0. The lowest BCUT2D eigenvalue weighted by atomic mass is 10.2. The summed E-state index contributed by atoms with van der Waals surface area (Å²) in [6.07, 6.45) is 5.25. The lowest BCUT2D eigenvalue weighted by Gasteiger charge is -1.96. The largest absolute Gasteiger partial charge is 0.397 e. The van der Waals surface area contributed by atoms with Gasteiger partial charge < -0.3 is 5.73 Å². The Kier molecular flexibility index (Phi) is 1.73. The van der Waals surface area contributed by atoms with Crippen LogP contribution < -0.4 is 5.73 Å². The highest BCUT2D eigenvalue weighted by Crippen LogP contribution is 2.17. The summed E-state index contributed by atoms with van der Waals surface area (Å²) in [7, 11) is 1.88. The number of anilines is 1. The minimum atomic E-state index is 0.656. The third kappa shape index (κ3) is 1.51. The molecular formula is C9H10N4. The van der Waals surface area contributed by atoms with Gasteiger partial charge in [-0.25, -0.2) is 0 Å². The predicted molar refractivity (Wildman–Crippen MR) is 50.9 cm³/mol. The van der Waals surface area contributed by atoms with Crippen LogP contribution in [-0.2, 0) is 7.05 Å². The van der Waals surface area contributed by atoms with Crippen molar-refractivity contribution >= 4 is 5.69 Å². The monoisotopic (exact) mass is 174 g/mol. The van der Waals surface area contributed by atoms with Crippen LogP contribution >= 0.6 is 0 Å². The van der Waals surface area contributed by atoms with E-state index in [1.807, 2.05) is 25.4 Å². The Morgan fingerprint density at radius 1 is 1.38 bits per heavy atom. The summed E-state index contributed by atoms with van der Waals surface area (Å²) in [6.45, 7) is 0. The van der Waals surface area contributed by atoms with E-state index in [4.69, 9.17) is 5.73 Å². The van der Waals surface area contributed by atoms with E-state index in [1.54, 1.807) is 17.1 Å². The fourth-order valence-corrected chi connectivity index (χ4v) is 1.17. The zero-order valence-electron chi connectivity index (χ0n) is 7.31. The second kappa shape index (κ2) is 2.90. The average molecular weight is 174 g/mol. The normalized spacial score (nSPS) is 10.2. The number of rotatable bonds is 1. The molecule has 2 aromatic heterocycles. The van der Waals surface area contributed by atoms with E-state index < -0.39 is 0 Å². The fraction of sp³-hybridized carbons (Fsp3) is 0.111. The number of nitrogens with zero attached hydrogens (tertiary/aromatic N) is 3. The fourth-order valence-electron chi connectivity index (χ4n) is 1.17. The molecule has 4 heteroatoms. The van der Waals surface area contributed by atoms with Crippen LogP contribution in [0, 0.1) is 0 Å². The van der Waals surface area contributed by atoms with E-state index in [2.05, 4.69) is 10.1 Å². The van der Waals surface area contributed by atoms with Crippen molar-refractivity contribution in [2.75, 3.05) is 5.73 Å². The molecule has 2 aromatic rings. The molecule has 0 amide bonds. The number of hydrogen-bond donors (Lipinski definition) is 1. The first-order chi connectivity index (χ1) is 6.25. The van der Waals surface area contributed by atoms with Gasteiger partial charge in [-0.3, -0.25) is 9.67 Å². The number of aryl methyl sites for hydroxylation is 1. The third-order valence-electron chi connectivity index (χ3n) is 1.77. The van der Waals surface area contributed by atoms with E-state index in [9.17, 15) is 0 Å². The van der Waals surface area contributed by atoms with Gasteiger partial charge in [0.2, 0.25) is 0 Å².